The molecule has 0 heterocycles. The highest BCUT2D eigenvalue weighted by atomic mass is 16.5. The molecule has 0 radical (unpaired) electrons. The van der Waals surface area contributed by atoms with Crippen molar-refractivity contribution in [2.24, 2.45) is 0 Å². The second kappa shape index (κ2) is 4.96. The lowest BCUT2D eigenvalue weighted by Crippen LogP contribution is -2.20. The normalized spacial score (nSPS) is 10.9. The summed E-state index contributed by atoms with van der Waals surface area (Å²) < 4.78 is 5.63. The molecule has 16 heavy (non-hydrogen) atoms. The third kappa shape index (κ3) is 2.51. The third-order valence-electron chi connectivity index (χ3n) is 2.42. The van der Waals surface area contributed by atoms with Crippen LogP contribution < -0.4 is 4.74 Å². The van der Waals surface area contributed by atoms with E-state index in [9.17, 15) is 0 Å². The number of rotatable bonds is 4. The summed E-state index contributed by atoms with van der Waals surface area (Å²) in [5.74, 6) is 0.861. The summed E-state index contributed by atoms with van der Waals surface area (Å²) in [7, 11) is 1.60. The molecule has 3 heteroatoms. The van der Waals surface area contributed by atoms with Crippen LogP contribution in [0.2, 0.25) is 0 Å². The first-order chi connectivity index (χ1) is 7.77. The molecule has 0 spiro atoms. The molecule has 3 nitrogen and oxygen atoms in total. The first kappa shape index (κ1) is 10.9. The summed E-state index contributed by atoms with van der Waals surface area (Å²) >= 11 is 0. The van der Waals surface area contributed by atoms with Gasteiger partial charge in [0.25, 0.3) is 0 Å². The molecular formula is C13H15NO2. The molecule has 0 saturated heterocycles. The van der Waals surface area contributed by atoms with E-state index in [2.05, 4.69) is 12.1 Å². The number of nitrogens with zero attached hydrogens (tertiary/aromatic N) is 1. The van der Waals surface area contributed by atoms with Crippen LogP contribution in [0.5, 0.6) is 5.75 Å². The maximum Gasteiger partial charge on any atom is 0.127 e. The van der Waals surface area contributed by atoms with Gasteiger partial charge < -0.3 is 9.94 Å². The van der Waals surface area contributed by atoms with Gasteiger partial charge in [-0.2, -0.15) is 5.06 Å². The summed E-state index contributed by atoms with van der Waals surface area (Å²) in [6.07, 6.45) is 0. The maximum atomic E-state index is 9.00. The molecule has 0 aromatic heterocycles. The van der Waals surface area contributed by atoms with Crippen LogP contribution in [0.1, 0.15) is 0 Å². The highest BCUT2D eigenvalue weighted by Crippen LogP contribution is 2.24. The van der Waals surface area contributed by atoms with Crippen LogP contribution in [0.25, 0.3) is 10.8 Å². The number of likely N-dealkylation sites (N-methyl/N-ethyl adjacent to an activating group) is 1. The molecule has 0 atom stereocenters. The Labute approximate surface area is 94.8 Å². The molecule has 0 aliphatic heterocycles. The molecule has 2 aromatic carbocycles. The summed E-state index contributed by atoms with van der Waals surface area (Å²) in [6.45, 7) is 0.963. The molecular weight excluding hydrogens is 202 g/mol. The molecule has 0 aliphatic carbocycles. The Hall–Kier alpha value is -1.58. The van der Waals surface area contributed by atoms with Crippen LogP contribution in [-0.2, 0) is 0 Å². The average Bonchev–Trinajstić information content (AvgIpc) is 2.29. The van der Waals surface area contributed by atoms with Gasteiger partial charge in [0.05, 0.1) is 6.54 Å². The van der Waals surface area contributed by atoms with Gasteiger partial charge in [0, 0.05) is 12.4 Å². The SMILES string of the molecule is CN(O)CCOc1cccc2ccccc12. The van der Waals surface area contributed by atoms with Gasteiger partial charge in [-0.25, -0.2) is 0 Å². The van der Waals surface area contributed by atoms with E-state index in [0.29, 0.717) is 13.2 Å². The summed E-state index contributed by atoms with van der Waals surface area (Å²) in [4.78, 5) is 0. The fourth-order valence-electron chi connectivity index (χ4n) is 1.61. The Morgan fingerprint density at radius 2 is 1.88 bits per heavy atom. The van der Waals surface area contributed by atoms with Crippen molar-refractivity contribution >= 4 is 10.8 Å². The van der Waals surface area contributed by atoms with Gasteiger partial charge in [0.15, 0.2) is 0 Å². The molecule has 2 rings (SSSR count). The minimum absolute atomic E-state index is 0.473. The van der Waals surface area contributed by atoms with Crippen LogP contribution in [0.4, 0.5) is 0 Å². The molecule has 0 amide bonds. The van der Waals surface area contributed by atoms with Crippen molar-refractivity contribution < 1.29 is 9.94 Å². The first-order valence-corrected chi connectivity index (χ1v) is 5.28. The summed E-state index contributed by atoms with van der Waals surface area (Å²) in [6, 6.07) is 14.1. The lowest BCUT2D eigenvalue weighted by Gasteiger charge is -2.11. The van der Waals surface area contributed by atoms with Gasteiger partial charge in [0.2, 0.25) is 0 Å². The number of hydroxylamine groups is 2. The summed E-state index contributed by atoms with van der Waals surface area (Å²) in [5.41, 5.74) is 0. The minimum Gasteiger partial charge on any atom is -0.492 e. The summed E-state index contributed by atoms with van der Waals surface area (Å²) in [5, 5.41) is 12.4. The number of hydrogen-bond donors (Lipinski definition) is 1. The maximum absolute atomic E-state index is 9.00. The topological polar surface area (TPSA) is 32.7 Å². The van der Waals surface area contributed by atoms with Crippen molar-refractivity contribution in [2.75, 3.05) is 20.2 Å². The van der Waals surface area contributed by atoms with Crippen LogP contribution >= 0.6 is 0 Å². The van der Waals surface area contributed by atoms with Crippen molar-refractivity contribution in [1.29, 1.82) is 0 Å². The molecule has 84 valence electrons. The predicted molar refractivity (Wildman–Crippen MR) is 63.9 cm³/mol. The molecule has 2 aromatic rings. The highest BCUT2D eigenvalue weighted by molar-refractivity contribution is 5.88. The third-order valence-corrected chi connectivity index (χ3v) is 2.42. The van der Waals surface area contributed by atoms with Crippen molar-refractivity contribution in [3.05, 3.63) is 42.5 Å². The lowest BCUT2D eigenvalue weighted by atomic mass is 10.1. The Balaban J connectivity index is 2.17. The Bertz CT molecular complexity index is 463. The van der Waals surface area contributed by atoms with Gasteiger partial charge in [-0.05, 0) is 11.5 Å². The zero-order valence-corrected chi connectivity index (χ0v) is 9.26. The predicted octanol–water partition coefficient (Wildman–Crippen LogP) is 2.54. The molecule has 1 N–H and O–H groups in total. The monoisotopic (exact) mass is 217 g/mol. The molecule has 0 saturated carbocycles. The number of benzene rings is 2. The Kier molecular flexibility index (Phi) is 3.39. The van der Waals surface area contributed by atoms with E-state index in [0.717, 1.165) is 21.6 Å². The Morgan fingerprint density at radius 1 is 1.12 bits per heavy atom. The van der Waals surface area contributed by atoms with E-state index in [1.165, 1.54) is 0 Å². The van der Waals surface area contributed by atoms with Crippen molar-refractivity contribution in [3.63, 3.8) is 0 Å². The Morgan fingerprint density at radius 3 is 2.69 bits per heavy atom. The van der Waals surface area contributed by atoms with Gasteiger partial charge in [0.1, 0.15) is 12.4 Å². The molecule has 0 bridgehead atoms. The van der Waals surface area contributed by atoms with E-state index in [4.69, 9.17) is 9.94 Å². The second-order valence-electron chi connectivity index (χ2n) is 3.71. The van der Waals surface area contributed by atoms with E-state index in [-0.39, 0.29) is 0 Å². The fraction of sp³-hybridized carbons (Fsp3) is 0.231. The van der Waals surface area contributed by atoms with E-state index in [1.54, 1.807) is 7.05 Å². The highest BCUT2D eigenvalue weighted by Gasteiger charge is 2.01. The van der Waals surface area contributed by atoms with E-state index >= 15 is 0 Å². The molecule has 0 aliphatic rings. The van der Waals surface area contributed by atoms with Crippen LogP contribution in [0, 0.1) is 0 Å². The van der Waals surface area contributed by atoms with Crippen LogP contribution in [0.3, 0.4) is 0 Å². The second-order valence-corrected chi connectivity index (χ2v) is 3.71. The standard InChI is InChI=1S/C13H15NO2/c1-14(15)9-10-16-13-8-4-6-11-5-2-3-7-12(11)13/h2-8,15H,9-10H2,1H3. The number of ether oxygens (including phenoxy) is 1. The molecule has 0 unspecified atom stereocenters. The van der Waals surface area contributed by atoms with Gasteiger partial charge in [-0.3, -0.25) is 0 Å². The zero-order valence-electron chi connectivity index (χ0n) is 9.26. The van der Waals surface area contributed by atoms with E-state index in [1.807, 2.05) is 30.3 Å². The quantitative estimate of drug-likeness (QED) is 0.799. The van der Waals surface area contributed by atoms with Crippen molar-refractivity contribution in [3.8, 4) is 5.75 Å². The molecule has 0 fully saturated rings. The first-order valence-electron chi connectivity index (χ1n) is 5.28. The van der Waals surface area contributed by atoms with Crippen molar-refractivity contribution in [1.82, 2.24) is 5.06 Å². The smallest absolute Gasteiger partial charge is 0.127 e. The zero-order chi connectivity index (χ0) is 11.4. The van der Waals surface area contributed by atoms with Crippen LogP contribution in [-0.4, -0.2) is 30.5 Å². The van der Waals surface area contributed by atoms with Gasteiger partial charge >= 0.3 is 0 Å². The lowest BCUT2D eigenvalue weighted by molar-refractivity contribution is -0.0712. The van der Waals surface area contributed by atoms with E-state index < -0.39 is 0 Å². The number of fused-ring (bicyclic) bond motifs is 1. The number of hydrogen-bond acceptors (Lipinski definition) is 3. The van der Waals surface area contributed by atoms with Crippen molar-refractivity contribution in [2.45, 2.75) is 0 Å². The fourth-order valence-corrected chi connectivity index (χ4v) is 1.61. The van der Waals surface area contributed by atoms with Gasteiger partial charge in [-0.15, -0.1) is 0 Å². The largest absolute Gasteiger partial charge is 0.492 e. The minimum atomic E-state index is 0.473. The van der Waals surface area contributed by atoms with Gasteiger partial charge in [-0.1, -0.05) is 36.4 Å². The van der Waals surface area contributed by atoms with Crippen LogP contribution in [0.15, 0.2) is 42.5 Å². The average molecular weight is 217 g/mol.